The van der Waals surface area contributed by atoms with Crippen LogP contribution in [0.2, 0.25) is 0 Å². The van der Waals surface area contributed by atoms with Gasteiger partial charge in [0.25, 0.3) is 0 Å². The zero-order valence-corrected chi connectivity index (χ0v) is 29.3. The number of esters is 2. The number of hydrogen-bond acceptors (Lipinski definition) is 15. The van der Waals surface area contributed by atoms with E-state index >= 15 is 0 Å². The van der Waals surface area contributed by atoms with E-state index in [1.165, 1.54) is 0 Å². The predicted molar refractivity (Wildman–Crippen MR) is 163 cm³/mol. The number of phosphoric ester groups is 3. The second-order valence-corrected chi connectivity index (χ2v) is 15.0. The van der Waals surface area contributed by atoms with Gasteiger partial charge in [0.05, 0.1) is 6.61 Å². The average Bonchev–Trinajstić information content (AvgIpc) is 2.98. The van der Waals surface area contributed by atoms with Crippen LogP contribution in [0.5, 0.6) is 0 Å². The molecule has 0 saturated heterocycles. The van der Waals surface area contributed by atoms with Crippen LogP contribution in [-0.2, 0) is 50.9 Å². The number of unbranched alkanes of at least 4 members (excludes halogenated alkanes) is 8. The Balaban J connectivity index is 2.99. The molecule has 0 amide bonds. The summed E-state index contributed by atoms with van der Waals surface area (Å²) in [4.78, 5) is 71.7. The number of aliphatic hydroxyl groups is 3. The molecule has 0 aliphatic heterocycles. The fraction of sp³-hybridized carbons (Fsp3) is 0.920. The van der Waals surface area contributed by atoms with Gasteiger partial charge in [-0.15, -0.1) is 0 Å². The van der Waals surface area contributed by atoms with Gasteiger partial charge in [-0.1, -0.05) is 51.9 Å². The molecule has 1 saturated carbocycles. The van der Waals surface area contributed by atoms with E-state index in [0.29, 0.717) is 19.4 Å². The van der Waals surface area contributed by atoms with Crippen molar-refractivity contribution in [1.29, 1.82) is 0 Å². The molecule has 23 heteroatoms. The van der Waals surface area contributed by atoms with E-state index in [1.54, 1.807) is 0 Å². The Morgan fingerprint density at radius 1 is 0.646 bits per heavy atom. The molecule has 8 atom stereocenters. The van der Waals surface area contributed by atoms with Gasteiger partial charge in [-0.3, -0.25) is 27.7 Å². The quantitative estimate of drug-likeness (QED) is 0.0350. The van der Waals surface area contributed by atoms with E-state index in [4.69, 9.17) is 43.8 Å². The van der Waals surface area contributed by atoms with Crippen molar-refractivity contribution in [3.05, 3.63) is 0 Å². The molecule has 284 valence electrons. The molecule has 0 heterocycles. The van der Waals surface area contributed by atoms with E-state index in [9.17, 15) is 43.5 Å². The lowest BCUT2D eigenvalue weighted by atomic mass is 9.85. The molecule has 1 aliphatic rings. The average molecular weight is 762 g/mol. The lowest BCUT2D eigenvalue weighted by Gasteiger charge is -2.44. The van der Waals surface area contributed by atoms with E-state index in [1.807, 2.05) is 6.92 Å². The molecular formula is C25H50NO19P3. The number of rotatable bonds is 25. The van der Waals surface area contributed by atoms with E-state index in [-0.39, 0.29) is 12.8 Å². The molecule has 0 radical (unpaired) electrons. The SMILES string of the molecule is CCCCCCCC(=O)O[C@H](COC(=O)CCCCCCCN)COP(=O)(O)OC1[C@H](O)[C@H](OP(=O)(O)O)C(O)[C@H](OP(=O)(O)O)[C@H]1O. The molecule has 0 aromatic heterocycles. The monoisotopic (exact) mass is 761 g/mol. The topological polar surface area (TPSA) is 329 Å². The number of ether oxygens (including phenoxy) is 2. The normalized spacial score (nSPS) is 25.3. The van der Waals surface area contributed by atoms with Crippen LogP contribution in [0.1, 0.15) is 84.0 Å². The maximum atomic E-state index is 12.9. The Morgan fingerprint density at radius 3 is 1.56 bits per heavy atom. The van der Waals surface area contributed by atoms with Crippen molar-refractivity contribution < 1.29 is 90.6 Å². The first-order valence-electron chi connectivity index (χ1n) is 15.5. The van der Waals surface area contributed by atoms with Crippen molar-refractivity contribution >= 4 is 35.4 Å². The van der Waals surface area contributed by atoms with E-state index in [0.717, 1.165) is 51.4 Å². The van der Waals surface area contributed by atoms with Gasteiger partial charge in [-0.2, -0.15) is 0 Å². The zero-order valence-electron chi connectivity index (χ0n) is 26.6. The van der Waals surface area contributed by atoms with E-state index in [2.05, 4.69) is 9.05 Å². The molecule has 0 aromatic carbocycles. The third-order valence-corrected chi connectivity index (χ3v) is 9.04. The molecule has 3 unspecified atom stereocenters. The van der Waals surface area contributed by atoms with Gasteiger partial charge < -0.3 is 55.0 Å². The molecular weight excluding hydrogens is 711 g/mol. The van der Waals surface area contributed by atoms with Crippen LogP contribution < -0.4 is 5.73 Å². The summed E-state index contributed by atoms with van der Waals surface area (Å²) >= 11 is 0. The maximum absolute atomic E-state index is 12.9. The van der Waals surface area contributed by atoms with Gasteiger partial charge in [0.1, 0.15) is 43.2 Å². The molecule has 0 spiro atoms. The Bertz CT molecular complexity index is 1060. The minimum Gasteiger partial charge on any atom is -0.462 e. The summed E-state index contributed by atoms with van der Waals surface area (Å²) in [6, 6.07) is 0. The Hall–Kier alpha value is -0.890. The van der Waals surface area contributed by atoms with Crippen LogP contribution in [0, 0.1) is 0 Å². The van der Waals surface area contributed by atoms with Crippen molar-refractivity contribution in [1.82, 2.24) is 0 Å². The van der Waals surface area contributed by atoms with Gasteiger partial charge in [0.15, 0.2) is 6.10 Å². The first kappa shape index (κ1) is 45.1. The third kappa shape index (κ3) is 18.9. The highest BCUT2D eigenvalue weighted by atomic mass is 31.2. The molecule has 20 nitrogen and oxygen atoms in total. The zero-order chi connectivity index (χ0) is 36.5. The second-order valence-electron chi connectivity index (χ2n) is 11.2. The minimum atomic E-state index is -5.53. The number of hydrogen-bond donors (Lipinski definition) is 9. The standard InChI is InChI=1S/C25H50NO19P3/c1-2-3-4-6-10-13-19(28)42-17(15-40-18(27)12-9-7-5-8-11-14-26)16-41-48(38,39)45-25-21(30)23(43-46(32,33)34)20(29)24(22(25)31)44-47(35,36)37/h17,20-25,29-31H,2-16,26H2,1H3,(H,38,39)(H2,32,33,34)(H2,35,36,37)/t17-,20?,21-,22-,23-,24+,25?/m1/s1. The van der Waals surface area contributed by atoms with Crippen molar-refractivity contribution in [2.24, 2.45) is 5.73 Å². The van der Waals surface area contributed by atoms with Crippen LogP contribution >= 0.6 is 23.5 Å². The van der Waals surface area contributed by atoms with Crippen LogP contribution in [0.4, 0.5) is 0 Å². The van der Waals surface area contributed by atoms with Crippen molar-refractivity contribution in [3.63, 3.8) is 0 Å². The van der Waals surface area contributed by atoms with Gasteiger partial charge in [-0.05, 0) is 25.8 Å². The van der Waals surface area contributed by atoms with Gasteiger partial charge in [0, 0.05) is 12.8 Å². The Labute approximate surface area is 278 Å². The highest BCUT2D eigenvalue weighted by molar-refractivity contribution is 7.47. The lowest BCUT2D eigenvalue weighted by Crippen LogP contribution is -2.65. The summed E-state index contributed by atoms with van der Waals surface area (Å²) in [5.41, 5.74) is 5.45. The number of aliphatic hydroxyl groups excluding tert-OH is 3. The van der Waals surface area contributed by atoms with Gasteiger partial charge >= 0.3 is 35.4 Å². The van der Waals surface area contributed by atoms with Crippen molar-refractivity contribution in [3.8, 4) is 0 Å². The summed E-state index contributed by atoms with van der Waals surface area (Å²) < 4.78 is 64.2. The van der Waals surface area contributed by atoms with Crippen LogP contribution in [0.25, 0.3) is 0 Å². The molecule has 1 aliphatic carbocycles. The Kier molecular flexibility index (Phi) is 20.8. The highest BCUT2D eigenvalue weighted by Gasteiger charge is 2.56. The third-order valence-electron chi connectivity index (χ3n) is 7.01. The van der Waals surface area contributed by atoms with Gasteiger partial charge in [-0.25, -0.2) is 13.7 Å². The molecule has 10 N–H and O–H groups in total. The fourth-order valence-corrected chi connectivity index (χ4v) is 6.76. The second kappa shape index (κ2) is 22.1. The predicted octanol–water partition coefficient (Wildman–Crippen LogP) is 0.656. The van der Waals surface area contributed by atoms with Crippen LogP contribution in [0.15, 0.2) is 0 Å². The number of carbonyl (C=O) groups excluding carboxylic acids is 2. The molecule has 1 rings (SSSR count). The van der Waals surface area contributed by atoms with E-state index < -0.39 is 91.3 Å². The maximum Gasteiger partial charge on any atom is 0.472 e. The van der Waals surface area contributed by atoms with Gasteiger partial charge in [0.2, 0.25) is 0 Å². The summed E-state index contributed by atoms with van der Waals surface area (Å²) in [5.74, 6) is -1.37. The number of carbonyl (C=O) groups is 2. The van der Waals surface area contributed by atoms with Crippen LogP contribution in [-0.4, -0.2) is 114 Å². The first-order valence-corrected chi connectivity index (χ1v) is 20.1. The number of phosphoric acid groups is 3. The summed E-state index contributed by atoms with van der Waals surface area (Å²) in [6.45, 7) is 1.06. The summed E-state index contributed by atoms with van der Waals surface area (Å²) in [7, 11) is -16.5. The summed E-state index contributed by atoms with van der Waals surface area (Å²) in [5, 5.41) is 31.4. The fourth-order valence-electron chi connectivity index (χ4n) is 4.66. The largest absolute Gasteiger partial charge is 0.472 e. The minimum absolute atomic E-state index is 0.0189. The highest BCUT2D eigenvalue weighted by Crippen LogP contribution is 2.51. The van der Waals surface area contributed by atoms with Crippen molar-refractivity contribution in [2.45, 2.75) is 127 Å². The molecule has 48 heavy (non-hydrogen) atoms. The molecule has 0 aromatic rings. The summed E-state index contributed by atoms with van der Waals surface area (Å²) in [6.07, 6.45) is -8.38. The first-order chi connectivity index (χ1) is 22.3. The molecule has 0 bridgehead atoms. The Morgan fingerprint density at radius 2 is 1.08 bits per heavy atom. The van der Waals surface area contributed by atoms with Crippen LogP contribution in [0.3, 0.4) is 0 Å². The molecule has 1 fully saturated rings. The lowest BCUT2D eigenvalue weighted by molar-refractivity contribution is -0.213. The number of nitrogens with two attached hydrogens (primary N) is 1. The smallest absolute Gasteiger partial charge is 0.462 e. The van der Waals surface area contributed by atoms with Crippen molar-refractivity contribution in [2.75, 3.05) is 19.8 Å².